The van der Waals surface area contributed by atoms with Crippen LogP contribution in [0, 0.1) is 0 Å². The quantitative estimate of drug-likeness (QED) is 0.814. The first-order chi connectivity index (χ1) is 9.75. The molecular weight excluding hydrogens is 296 g/mol. The lowest BCUT2D eigenvalue weighted by Crippen LogP contribution is -2.41. The predicted molar refractivity (Wildman–Crippen MR) is 82.4 cm³/mol. The Labute approximate surface area is 128 Å². The number of morpholine rings is 1. The Kier molecular flexibility index (Phi) is 6.66. The number of thioether (sulfide) groups is 1. The SMILES string of the molecule is O=C(CSc1ccccc1Cl)NCCN1CCOCC1. The van der Waals surface area contributed by atoms with Crippen molar-refractivity contribution in [2.24, 2.45) is 0 Å². The summed E-state index contributed by atoms with van der Waals surface area (Å²) in [5, 5.41) is 3.63. The van der Waals surface area contributed by atoms with Crippen LogP contribution in [0.2, 0.25) is 5.02 Å². The van der Waals surface area contributed by atoms with E-state index >= 15 is 0 Å². The third-order valence-electron chi connectivity index (χ3n) is 3.05. The highest BCUT2D eigenvalue weighted by atomic mass is 35.5. The van der Waals surface area contributed by atoms with E-state index in [-0.39, 0.29) is 5.91 Å². The number of carbonyl (C=O) groups is 1. The van der Waals surface area contributed by atoms with Gasteiger partial charge >= 0.3 is 0 Å². The lowest BCUT2D eigenvalue weighted by molar-refractivity contribution is -0.118. The first kappa shape index (κ1) is 15.6. The molecule has 0 aliphatic carbocycles. The third kappa shape index (κ3) is 5.32. The summed E-state index contributed by atoms with van der Waals surface area (Å²) in [5.41, 5.74) is 0. The summed E-state index contributed by atoms with van der Waals surface area (Å²) < 4.78 is 5.28. The molecule has 1 aromatic carbocycles. The van der Waals surface area contributed by atoms with Crippen molar-refractivity contribution in [3.63, 3.8) is 0 Å². The number of benzene rings is 1. The van der Waals surface area contributed by atoms with Crippen LogP contribution in [0.25, 0.3) is 0 Å². The van der Waals surface area contributed by atoms with E-state index in [1.165, 1.54) is 11.8 Å². The molecule has 0 aromatic heterocycles. The molecule has 0 atom stereocenters. The van der Waals surface area contributed by atoms with Gasteiger partial charge in [-0.2, -0.15) is 0 Å². The number of hydrogen-bond donors (Lipinski definition) is 1. The standard InChI is InChI=1S/C14H19ClN2O2S/c15-12-3-1-2-4-13(12)20-11-14(18)16-5-6-17-7-9-19-10-8-17/h1-4H,5-11H2,(H,16,18). The summed E-state index contributed by atoms with van der Waals surface area (Å²) in [5.74, 6) is 0.440. The Balaban J connectivity index is 1.62. The van der Waals surface area contributed by atoms with E-state index in [1.807, 2.05) is 24.3 Å². The molecule has 1 amide bonds. The number of amides is 1. The second-order valence-electron chi connectivity index (χ2n) is 4.52. The predicted octanol–water partition coefficient (Wildman–Crippen LogP) is 1.88. The van der Waals surface area contributed by atoms with E-state index < -0.39 is 0 Å². The number of hydrogen-bond acceptors (Lipinski definition) is 4. The van der Waals surface area contributed by atoms with Crippen LogP contribution in [-0.2, 0) is 9.53 Å². The molecule has 1 aromatic rings. The largest absolute Gasteiger partial charge is 0.379 e. The smallest absolute Gasteiger partial charge is 0.230 e. The molecule has 2 rings (SSSR count). The van der Waals surface area contributed by atoms with Crippen LogP contribution in [0.1, 0.15) is 0 Å². The van der Waals surface area contributed by atoms with E-state index in [2.05, 4.69) is 10.2 Å². The third-order valence-corrected chi connectivity index (χ3v) is 4.56. The monoisotopic (exact) mass is 314 g/mol. The molecule has 6 heteroatoms. The summed E-state index contributed by atoms with van der Waals surface area (Å²) in [6, 6.07) is 7.56. The second kappa shape index (κ2) is 8.52. The molecule has 1 aliphatic rings. The van der Waals surface area contributed by atoms with Crippen molar-refractivity contribution in [3.8, 4) is 0 Å². The number of nitrogens with one attached hydrogen (secondary N) is 1. The number of halogens is 1. The highest BCUT2D eigenvalue weighted by molar-refractivity contribution is 8.00. The molecule has 4 nitrogen and oxygen atoms in total. The van der Waals surface area contributed by atoms with Crippen molar-refractivity contribution in [2.45, 2.75) is 4.90 Å². The molecule has 1 saturated heterocycles. The molecule has 1 heterocycles. The average molecular weight is 315 g/mol. The van der Waals surface area contributed by atoms with Gasteiger partial charge in [0.1, 0.15) is 0 Å². The van der Waals surface area contributed by atoms with Gasteiger partial charge in [-0.05, 0) is 12.1 Å². The zero-order valence-electron chi connectivity index (χ0n) is 11.3. The van der Waals surface area contributed by atoms with Gasteiger partial charge in [-0.15, -0.1) is 11.8 Å². The van der Waals surface area contributed by atoms with Crippen LogP contribution in [0.3, 0.4) is 0 Å². The maximum absolute atomic E-state index is 11.8. The highest BCUT2D eigenvalue weighted by Gasteiger charge is 2.10. The molecular formula is C14H19ClN2O2S. The molecule has 0 radical (unpaired) electrons. The van der Waals surface area contributed by atoms with Gasteiger partial charge in [0.05, 0.1) is 24.0 Å². The molecule has 0 saturated carbocycles. The van der Waals surface area contributed by atoms with Crippen LogP contribution in [0.15, 0.2) is 29.2 Å². The first-order valence-corrected chi connectivity index (χ1v) is 8.06. The van der Waals surface area contributed by atoms with E-state index in [1.54, 1.807) is 0 Å². The second-order valence-corrected chi connectivity index (χ2v) is 5.95. The molecule has 1 aliphatic heterocycles. The van der Waals surface area contributed by atoms with E-state index in [0.29, 0.717) is 17.3 Å². The number of nitrogens with zero attached hydrogens (tertiary/aromatic N) is 1. The normalized spacial score (nSPS) is 16.1. The van der Waals surface area contributed by atoms with Gasteiger partial charge in [-0.25, -0.2) is 0 Å². The zero-order chi connectivity index (χ0) is 14.2. The highest BCUT2D eigenvalue weighted by Crippen LogP contribution is 2.26. The fourth-order valence-corrected chi connectivity index (χ4v) is 3.00. The van der Waals surface area contributed by atoms with Crippen LogP contribution in [0.5, 0.6) is 0 Å². The lowest BCUT2D eigenvalue weighted by Gasteiger charge is -2.26. The molecule has 0 spiro atoms. The maximum atomic E-state index is 11.8. The minimum Gasteiger partial charge on any atom is -0.379 e. The summed E-state index contributed by atoms with van der Waals surface area (Å²) in [4.78, 5) is 15.0. The molecule has 0 unspecified atom stereocenters. The fraction of sp³-hybridized carbons (Fsp3) is 0.500. The van der Waals surface area contributed by atoms with E-state index in [4.69, 9.17) is 16.3 Å². The van der Waals surface area contributed by atoms with Crippen LogP contribution < -0.4 is 5.32 Å². The Morgan fingerprint density at radius 1 is 1.35 bits per heavy atom. The molecule has 0 bridgehead atoms. The minimum atomic E-state index is 0.0446. The number of ether oxygens (including phenoxy) is 1. The van der Waals surface area contributed by atoms with Gasteiger partial charge in [0.15, 0.2) is 0 Å². The first-order valence-electron chi connectivity index (χ1n) is 6.70. The Morgan fingerprint density at radius 2 is 2.10 bits per heavy atom. The molecule has 1 fully saturated rings. The van der Waals surface area contributed by atoms with E-state index in [0.717, 1.165) is 37.7 Å². The van der Waals surface area contributed by atoms with Gasteiger partial charge in [0.2, 0.25) is 5.91 Å². The van der Waals surface area contributed by atoms with Gasteiger partial charge in [0, 0.05) is 31.1 Å². The summed E-state index contributed by atoms with van der Waals surface area (Å²) in [7, 11) is 0. The van der Waals surface area contributed by atoms with Crippen LogP contribution >= 0.6 is 23.4 Å². The van der Waals surface area contributed by atoms with Crippen molar-refractivity contribution in [2.75, 3.05) is 45.1 Å². The van der Waals surface area contributed by atoms with Crippen molar-refractivity contribution in [3.05, 3.63) is 29.3 Å². The Bertz CT molecular complexity index is 439. The number of rotatable bonds is 6. The summed E-state index contributed by atoms with van der Waals surface area (Å²) >= 11 is 7.51. The maximum Gasteiger partial charge on any atom is 0.230 e. The van der Waals surface area contributed by atoms with Crippen molar-refractivity contribution >= 4 is 29.3 Å². The topological polar surface area (TPSA) is 41.6 Å². The Morgan fingerprint density at radius 3 is 2.85 bits per heavy atom. The van der Waals surface area contributed by atoms with Crippen LogP contribution in [0.4, 0.5) is 0 Å². The molecule has 110 valence electrons. The van der Waals surface area contributed by atoms with Gasteiger partial charge < -0.3 is 10.1 Å². The van der Waals surface area contributed by atoms with Gasteiger partial charge in [-0.3, -0.25) is 9.69 Å². The molecule has 20 heavy (non-hydrogen) atoms. The zero-order valence-corrected chi connectivity index (χ0v) is 12.9. The van der Waals surface area contributed by atoms with Crippen molar-refractivity contribution in [1.82, 2.24) is 10.2 Å². The fourth-order valence-electron chi connectivity index (χ4n) is 1.93. The van der Waals surface area contributed by atoms with Gasteiger partial charge in [-0.1, -0.05) is 23.7 Å². The van der Waals surface area contributed by atoms with E-state index in [9.17, 15) is 4.79 Å². The van der Waals surface area contributed by atoms with Crippen molar-refractivity contribution < 1.29 is 9.53 Å². The Hall–Kier alpha value is -0.750. The summed E-state index contributed by atoms with van der Waals surface area (Å²) in [6.45, 7) is 5.04. The summed E-state index contributed by atoms with van der Waals surface area (Å²) in [6.07, 6.45) is 0. The average Bonchev–Trinajstić information content (AvgIpc) is 2.47. The van der Waals surface area contributed by atoms with Crippen molar-refractivity contribution in [1.29, 1.82) is 0 Å². The minimum absolute atomic E-state index is 0.0446. The molecule has 1 N–H and O–H groups in total. The van der Waals surface area contributed by atoms with Crippen LogP contribution in [-0.4, -0.2) is 56.0 Å². The number of carbonyl (C=O) groups excluding carboxylic acids is 1. The van der Waals surface area contributed by atoms with Gasteiger partial charge in [0.25, 0.3) is 0 Å². The lowest BCUT2D eigenvalue weighted by atomic mass is 10.4.